The summed E-state index contributed by atoms with van der Waals surface area (Å²) in [5, 5.41) is 10.1. The number of morpholine rings is 1. The highest BCUT2D eigenvalue weighted by atomic mass is 35.5. The van der Waals surface area contributed by atoms with Crippen LogP contribution in [0.2, 0.25) is 5.02 Å². The summed E-state index contributed by atoms with van der Waals surface area (Å²) in [6.45, 7) is 5.13. The molecular weight excluding hydrogens is 394 g/mol. The molecule has 0 spiro atoms. The van der Waals surface area contributed by atoms with Gasteiger partial charge < -0.3 is 30.2 Å². The zero-order valence-corrected chi connectivity index (χ0v) is 16.9. The van der Waals surface area contributed by atoms with Gasteiger partial charge >= 0.3 is 0 Å². The van der Waals surface area contributed by atoms with Gasteiger partial charge in [0.2, 0.25) is 0 Å². The van der Waals surface area contributed by atoms with E-state index in [1.165, 1.54) is 0 Å². The highest BCUT2D eigenvalue weighted by Crippen LogP contribution is 2.31. The summed E-state index contributed by atoms with van der Waals surface area (Å²) >= 11 is 6.48. The number of benzene rings is 1. The first-order valence-corrected chi connectivity index (χ1v) is 10.0. The van der Waals surface area contributed by atoms with Crippen molar-refractivity contribution in [2.24, 2.45) is 5.73 Å². The number of nitrogens with one attached hydrogen (secondary N) is 1. The standard InChI is InChI=1S/C20H24ClN5O3/c1-2-16(18(22)27)29-20-23-15-11-14(21)17(24-19(15)25-20)12-3-5-13(6-4-12)26-7-9-28-10-8-26/h3-6,11,16,18,27H,2,7-10,22H2,1H3,(H,23,24,25). The fourth-order valence-corrected chi connectivity index (χ4v) is 3.60. The summed E-state index contributed by atoms with van der Waals surface area (Å²) in [5.41, 5.74) is 9.36. The first-order valence-electron chi connectivity index (χ1n) is 9.65. The number of aliphatic hydroxyl groups is 1. The average molecular weight is 418 g/mol. The second-order valence-corrected chi connectivity index (χ2v) is 7.34. The number of pyridine rings is 1. The van der Waals surface area contributed by atoms with Crippen LogP contribution in [0, 0.1) is 0 Å². The largest absolute Gasteiger partial charge is 0.457 e. The van der Waals surface area contributed by atoms with Gasteiger partial charge in [0.05, 0.1) is 29.4 Å². The highest BCUT2D eigenvalue weighted by Gasteiger charge is 2.18. The quantitative estimate of drug-likeness (QED) is 0.528. The highest BCUT2D eigenvalue weighted by molar-refractivity contribution is 6.33. The molecule has 0 saturated carbocycles. The van der Waals surface area contributed by atoms with Gasteiger partial charge in [0.25, 0.3) is 6.01 Å². The van der Waals surface area contributed by atoms with E-state index in [9.17, 15) is 5.11 Å². The summed E-state index contributed by atoms with van der Waals surface area (Å²) in [5.74, 6) is 0. The third-order valence-corrected chi connectivity index (χ3v) is 5.26. The maximum absolute atomic E-state index is 9.57. The van der Waals surface area contributed by atoms with E-state index < -0.39 is 12.3 Å². The van der Waals surface area contributed by atoms with Gasteiger partial charge in [-0.25, -0.2) is 4.98 Å². The van der Waals surface area contributed by atoms with Crippen LogP contribution in [0.5, 0.6) is 6.01 Å². The van der Waals surface area contributed by atoms with E-state index in [2.05, 4.69) is 32.0 Å². The van der Waals surface area contributed by atoms with Gasteiger partial charge in [-0.05, 0) is 24.6 Å². The van der Waals surface area contributed by atoms with Gasteiger partial charge in [-0.15, -0.1) is 0 Å². The Morgan fingerprint density at radius 3 is 2.66 bits per heavy atom. The van der Waals surface area contributed by atoms with Crippen LogP contribution in [-0.4, -0.2) is 58.7 Å². The maximum atomic E-state index is 9.57. The Hall–Kier alpha value is -2.39. The number of aromatic nitrogens is 3. The van der Waals surface area contributed by atoms with E-state index in [4.69, 9.17) is 26.8 Å². The molecule has 2 unspecified atom stereocenters. The zero-order chi connectivity index (χ0) is 20.4. The first kappa shape index (κ1) is 19.9. The molecule has 8 nitrogen and oxygen atoms in total. The summed E-state index contributed by atoms with van der Waals surface area (Å²) in [7, 11) is 0. The van der Waals surface area contributed by atoms with E-state index in [-0.39, 0.29) is 6.01 Å². The molecule has 1 aliphatic heterocycles. The van der Waals surface area contributed by atoms with Crippen LogP contribution in [-0.2, 0) is 4.74 Å². The Morgan fingerprint density at radius 2 is 2.00 bits per heavy atom. The number of nitrogens with two attached hydrogens (primary N) is 1. The molecule has 1 aromatic carbocycles. The lowest BCUT2D eigenvalue weighted by molar-refractivity contribution is 0.0334. The zero-order valence-electron chi connectivity index (χ0n) is 16.1. The second kappa shape index (κ2) is 8.54. The van der Waals surface area contributed by atoms with Crippen molar-refractivity contribution in [3.05, 3.63) is 35.4 Å². The number of halogens is 1. The molecule has 29 heavy (non-hydrogen) atoms. The molecule has 4 N–H and O–H groups in total. The van der Waals surface area contributed by atoms with Gasteiger partial charge in [-0.3, -0.25) is 0 Å². The van der Waals surface area contributed by atoms with Crippen LogP contribution in [0.4, 0.5) is 5.69 Å². The minimum atomic E-state index is -1.09. The topological polar surface area (TPSA) is 110 Å². The van der Waals surface area contributed by atoms with Crippen molar-refractivity contribution >= 4 is 28.5 Å². The van der Waals surface area contributed by atoms with Gasteiger partial charge in [-0.1, -0.05) is 30.7 Å². The second-order valence-electron chi connectivity index (χ2n) is 6.93. The number of fused-ring (bicyclic) bond motifs is 1. The van der Waals surface area contributed by atoms with Crippen LogP contribution in [0.1, 0.15) is 13.3 Å². The SMILES string of the molecule is CCC(Oc1nc2nc(-c3ccc(N4CCOCC4)cc3)c(Cl)cc2[nH]1)C(N)O. The van der Waals surface area contributed by atoms with Crippen molar-refractivity contribution in [1.29, 1.82) is 0 Å². The summed E-state index contributed by atoms with van der Waals surface area (Å²) in [4.78, 5) is 14.3. The number of hydrogen-bond donors (Lipinski definition) is 3. The molecule has 0 bridgehead atoms. The third-order valence-electron chi connectivity index (χ3n) is 4.97. The number of imidazole rings is 1. The Morgan fingerprint density at radius 1 is 1.28 bits per heavy atom. The minimum Gasteiger partial charge on any atom is -0.457 e. The number of H-pyrrole nitrogens is 1. The van der Waals surface area contributed by atoms with Crippen LogP contribution >= 0.6 is 11.6 Å². The molecule has 0 radical (unpaired) electrons. The molecular formula is C20H24ClN5O3. The first-order chi connectivity index (χ1) is 14.0. The van der Waals surface area contributed by atoms with E-state index in [1.807, 2.05) is 19.1 Å². The Bertz CT molecular complexity index is 970. The maximum Gasteiger partial charge on any atom is 0.296 e. The number of ether oxygens (including phenoxy) is 2. The number of aliphatic hydroxyl groups excluding tert-OH is 1. The van der Waals surface area contributed by atoms with Crippen molar-refractivity contribution in [3.8, 4) is 17.3 Å². The molecule has 0 aliphatic carbocycles. The predicted octanol–water partition coefficient (Wildman–Crippen LogP) is 2.55. The molecule has 0 amide bonds. The molecule has 3 heterocycles. The number of anilines is 1. The summed E-state index contributed by atoms with van der Waals surface area (Å²) in [6.07, 6.45) is -1.10. The van der Waals surface area contributed by atoms with E-state index in [0.717, 1.165) is 37.6 Å². The Balaban J connectivity index is 1.59. The van der Waals surface area contributed by atoms with Gasteiger partial charge in [0.1, 0.15) is 12.3 Å². The molecule has 4 rings (SSSR count). The van der Waals surface area contributed by atoms with Crippen molar-refractivity contribution < 1.29 is 14.6 Å². The van der Waals surface area contributed by atoms with E-state index >= 15 is 0 Å². The number of rotatable bonds is 6. The van der Waals surface area contributed by atoms with Gasteiger partial charge in [0.15, 0.2) is 5.65 Å². The van der Waals surface area contributed by atoms with E-state index in [1.54, 1.807) is 6.07 Å². The van der Waals surface area contributed by atoms with Crippen molar-refractivity contribution in [2.75, 3.05) is 31.2 Å². The van der Waals surface area contributed by atoms with Gasteiger partial charge in [-0.2, -0.15) is 4.98 Å². The predicted molar refractivity (Wildman–Crippen MR) is 112 cm³/mol. The Labute approximate surface area is 173 Å². The average Bonchev–Trinajstić information content (AvgIpc) is 3.13. The lowest BCUT2D eigenvalue weighted by Crippen LogP contribution is -2.38. The minimum absolute atomic E-state index is 0.250. The van der Waals surface area contributed by atoms with Crippen molar-refractivity contribution in [1.82, 2.24) is 15.0 Å². The fourth-order valence-electron chi connectivity index (χ4n) is 3.34. The van der Waals surface area contributed by atoms with Gasteiger partial charge in [0, 0.05) is 24.3 Å². The lowest BCUT2D eigenvalue weighted by atomic mass is 10.1. The fraction of sp³-hybridized carbons (Fsp3) is 0.400. The third kappa shape index (κ3) is 4.30. The van der Waals surface area contributed by atoms with Crippen LogP contribution < -0.4 is 15.4 Å². The molecule has 1 aliphatic rings. The van der Waals surface area contributed by atoms with Crippen LogP contribution in [0.3, 0.4) is 0 Å². The smallest absolute Gasteiger partial charge is 0.296 e. The number of hydrogen-bond acceptors (Lipinski definition) is 7. The lowest BCUT2D eigenvalue weighted by Gasteiger charge is -2.28. The number of nitrogens with zero attached hydrogens (tertiary/aromatic N) is 3. The molecule has 2 atom stereocenters. The normalized spacial score (nSPS) is 16.8. The molecule has 2 aromatic heterocycles. The summed E-state index contributed by atoms with van der Waals surface area (Å²) in [6, 6.07) is 10.2. The monoisotopic (exact) mass is 417 g/mol. The molecule has 1 fully saturated rings. The van der Waals surface area contributed by atoms with Crippen LogP contribution in [0.15, 0.2) is 30.3 Å². The number of aromatic amines is 1. The van der Waals surface area contributed by atoms with Crippen molar-refractivity contribution in [2.45, 2.75) is 25.7 Å². The molecule has 1 saturated heterocycles. The van der Waals surface area contributed by atoms with Crippen molar-refractivity contribution in [3.63, 3.8) is 0 Å². The summed E-state index contributed by atoms with van der Waals surface area (Å²) < 4.78 is 11.0. The van der Waals surface area contributed by atoms with E-state index in [0.29, 0.717) is 28.3 Å². The van der Waals surface area contributed by atoms with Crippen LogP contribution in [0.25, 0.3) is 22.4 Å². The molecule has 9 heteroatoms. The molecule has 154 valence electrons. The molecule has 3 aromatic rings. The Kier molecular flexibility index (Phi) is 5.86.